The van der Waals surface area contributed by atoms with Crippen LogP contribution in [0.1, 0.15) is 45.3 Å². The van der Waals surface area contributed by atoms with E-state index in [0.29, 0.717) is 6.61 Å². The summed E-state index contributed by atoms with van der Waals surface area (Å²) in [6.07, 6.45) is 4.58. The smallest absolute Gasteiger partial charge is 0.240 e. The van der Waals surface area contributed by atoms with Crippen LogP contribution in [0, 0.1) is 11.3 Å². The van der Waals surface area contributed by atoms with Gasteiger partial charge < -0.3 is 14.3 Å². The number of aliphatic hydroxyl groups excluding tert-OH is 1. The Bertz CT molecular complexity index is 939. The first-order valence-corrected chi connectivity index (χ1v) is 13.5. The predicted molar refractivity (Wildman–Crippen MR) is 135 cm³/mol. The monoisotopic (exact) mass is 461 g/mol. The SMILES string of the molecule is CC(C)(C)CCC(O[SiH](c1ccccc1)c1ccccc1)C1C(O)COC1c1cccnc1. The molecule has 4 rings (SSSR count). The van der Waals surface area contributed by atoms with Gasteiger partial charge in [-0.2, -0.15) is 0 Å². The molecule has 1 aromatic heterocycles. The van der Waals surface area contributed by atoms with Crippen LogP contribution in [0.25, 0.3) is 0 Å². The summed E-state index contributed by atoms with van der Waals surface area (Å²) in [5.74, 6) is -0.140. The highest BCUT2D eigenvalue weighted by atomic mass is 28.3. The quantitative estimate of drug-likeness (QED) is 0.517. The van der Waals surface area contributed by atoms with Crippen molar-refractivity contribution in [2.75, 3.05) is 6.61 Å². The Morgan fingerprint density at radius 1 is 1.00 bits per heavy atom. The lowest BCUT2D eigenvalue weighted by molar-refractivity contribution is 0.0189. The van der Waals surface area contributed by atoms with Crippen LogP contribution in [0.2, 0.25) is 0 Å². The molecule has 5 heteroatoms. The first-order chi connectivity index (χ1) is 15.9. The van der Waals surface area contributed by atoms with E-state index in [9.17, 15) is 5.11 Å². The molecule has 4 nitrogen and oxygen atoms in total. The van der Waals surface area contributed by atoms with E-state index < -0.39 is 15.1 Å². The molecule has 1 aliphatic rings. The summed E-state index contributed by atoms with van der Waals surface area (Å²) in [7, 11) is -1.98. The number of pyridine rings is 1. The van der Waals surface area contributed by atoms with Gasteiger partial charge in [-0.3, -0.25) is 4.98 Å². The van der Waals surface area contributed by atoms with E-state index in [1.807, 2.05) is 30.5 Å². The molecular formula is C28H35NO3Si. The lowest BCUT2D eigenvalue weighted by Crippen LogP contribution is -2.50. The number of ether oxygens (including phenoxy) is 1. The summed E-state index contributed by atoms with van der Waals surface area (Å²) in [4.78, 5) is 4.30. The molecule has 1 aliphatic heterocycles. The lowest BCUT2D eigenvalue weighted by atomic mass is 9.82. The van der Waals surface area contributed by atoms with Crippen molar-refractivity contribution < 1.29 is 14.3 Å². The molecule has 3 aromatic rings. The van der Waals surface area contributed by atoms with Gasteiger partial charge in [0.05, 0.1) is 24.9 Å². The number of aromatic nitrogens is 1. The maximum atomic E-state index is 11.1. The van der Waals surface area contributed by atoms with Crippen molar-refractivity contribution in [2.24, 2.45) is 11.3 Å². The number of rotatable bonds is 8. The van der Waals surface area contributed by atoms with Crippen LogP contribution in [-0.4, -0.2) is 37.9 Å². The molecule has 0 saturated carbocycles. The van der Waals surface area contributed by atoms with Gasteiger partial charge in [0.1, 0.15) is 0 Å². The second-order valence-corrected chi connectivity index (χ2v) is 12.5. The number of aliphatic hydroxyl groups is 1. The molecule has 174 valence electrons. The van der Waals surface area contributed by atoms with Crippen LogP contribution in [0.4, 0.5) is 0 Å². The minimum atomic E-state index is -1.98. The summed E-state index contributed by atoms with van der Waals surface area (Å²) in [6.45, 7) is 7.09. The predicted octanol–water partition coefficient (Wildman–Crippen LogP) is 3.88. The van der Waals surface area contributed by atoms with Crippen molar-refractivity contribution in [1.29, 1.82) is 0 Å². The molecule has 4 atom stereocenters. The van der Waals surface area contributed by atoms with E-state index >= 15 is 0 Å². The van der Waals surface area contributed by atoms with Gasteiger partial charge >= 0.3 is 0 Å². The fourth-order valence-corrected chi connectivity index (χ4v) is 7.15. The Balaban J connectivity index is 1.69. The maximum Gasteiger partial charge on any atom is 0.240 e. The van der Waals surface area contributed by atoms with Crippen LogP contribution in [0.15, 0.2) is 85.2 Å². The van der Waals surface area contributed by atoms with Crippen molar-refractivity contribution in [1.82, 2.24) is 4.98 Å². The highest BCUT2D eigenvalue weighted by Gasteiger charge is 2.44. The third-order valence-electron chi connectivity index (χ3n) is 6.38. The molecule has 0 aliphatic carbocycles. The largest absolute Gasteiger partial charge is 0.408 e. The Morgan fingerprint density at radius 3 is 2.18 bits per heavy atom. The molecule has 0 amide bonds. The van der Waals surface area contributed by atoms with Crippen LogP contribution in [-0.2, 0) is 9.16 Å². The topological polar surface area (TPSA) is 51.6 Å². The van der Waals surface area contributed by atoms with Crippen molar-refractivity contribution in [3.63, 3.8) is 0 Å². The molecule has 1 fully saturated rings. The molecule has 2 heterocycles. The number of hydrogen-bond acceptors (Lipinski definition) is 4. The van der Waals surface area contributed by atoms with Crippen LogP contribution < -0.4 is 10.4 Å². The summed E-state index contributed by atoms with van der Waals surface area (Å²) in [6, 6.07) is 25.1. The molecule has 0 radical (unpaired) electrons. The number of benzene rings is 2. The zero-order chi connectivity index (χ0) is 23.3. The fourth-order valence-electron chi connectivity index (χ4n) is 4.64. The number of hydrogen-bond donors (Lipinski definition) is 1. The van der Waals surface area contributed by atoms with Gasteiger partial charge in [0, 0.05) is 18.3 Å². The molecule has 0 bridgehead atoms. The van der Waals surface area contributed by atoms with Gasteiger partial charge in [-0.25, -0.2) is 0 Å². The van der Waals surface area contributed by atoms with Crippen LogP contribution >= 0.6 is 0 Å². The van der Waals surface area contributed by atoms with Gasteiger partial charge in [-0.15, -0.1) is 0 Å². The standard InChI is InChI=1S/C28H35NO3Si/c1-28(2,3)17-16-25(26-24(30)20-31-27(26)21-11-10-18-29-19-21)32-33(22-12-6-4-7-13-22)23-14-8-5-9-15-23/h4-15,18-19,24-27,30,33H,16-17,20H2,1-3H3. The summed E-state index contributed by atoms with van der Waals surface area (Å²) < 4.78 is 13.2. The first-order valence-electron chi connectivity index (χ1n) is 11.9. The van der Waals surface area contributed by atoms with E-state index in [4.69, 9.17) is 9.16 Å². The summed E-state index contributed by atoms with van der Waals surface area (Å²) >= 11 is 0. The first kappa shape index (κ1) is 23.8. The maximum absolute atomic E-state index is 11.1. The average Bonchev–Trinajstić information content (AvgIpc) is 3.21. The van der Waals surface area contributed by atoms with Gasteiger partial charge in [-0.1, -0.05) is 87.5 Å². The van der Waals surface area contributed by atoms with E-state index in [-0.39, 0.29) is 23.5 Å². The number of nitrogens with zero attached hydrogens (tertiary/aromatic N) is 1. The Hall–Kier alpha value is -2.31. The minimum Gasteiger partial charge on any atom is -0.408 e. The second kappa shape index (κ2) is 10.7. The van der Waals surface area contributed by atoms with Gasteiger partial charge in [-0.05, 0) is 40.3 Å². The van der Waals surface area contributed by atoms with Crippen molar-refractivity contribution in [3.05, 3.63) is 90.8 Å². The zero-order valence-corrected chi connectivity index (χ0v) is 21.0. The zero-order valence-electron chi connectivity index (χ0n) is 19.8. The minimum absolute atomic E-state index is 0.121. The van der Waals surface area contributed by atoms with E-state index in [1.165, 1.54) is 10.4 Å². The summed E-state index contributed by atoms with van der Waals surface area (Å²) in [5, 5.41) is 13.6. The molecule has 1 saturated heterocycles. The van der Waals surface area contributed by atoms with Gasteiger partial charge in [0.2, 0.25) is 9.04 Å². The molecule has 4 unspecified atom stereocenters. The Kier molecular flexibility index (Phi) is 7.76. The molecule has 2 aromatic carbocycles. The van der Waals surface area contributed by atoms with Crippen LogP contribution in [0.3, 0.4) is 0 Å². The fraction of sp³-hybridized carbons (Fsp3) is 0.393. The second-order valence-electron chi connectivity index (χ2n) is 10.2. The van der Waals surface area contributed by atoms with Crippen LogP contribution in [0.5, 0.6) is 0 Å². The van der Waals surface area contributed by atoms with Gasteiger partial charge in [0.15, 0.2) is 0 Å². The molecule has 0 spiro atoms. The van der Waals surface area contributed by atoms with E-state index in [1.54, 1.807) is 6.20 Å². The molecule has 1 N–H and O–H groups in total. The lowest BCUT2D eigenvalue weighted by Gasteiger charge is -2.34. The van der Waals surface area contributed by atoms with Crippen molar-refractivity contribution in [3.8, 4) is 0 Å². The summed E-state index contributed by atoms with van der Waals surface area (Å²) in [5.41, 5.74) is 1.17. The van der Waals surface area contributed by atoms with E-state index in [0.717, 1.165) is 18.4 Å². The van der Waals surface area contributed by atoms with Gasteiger partial charge in [0.25, 0.3) is 0 Å². The molecule has 33 heavy (non-hydrogen) atoms. The highest BCUT2D eigenvalue weighted by Crippen LogP contribution is 2.40. The highest BCUT2D eigenvalue weighted by molar-refractivity contribution is 6.80. The third kappa shape index (κ3) is 6.18. The Labute approximate surface area is 199 Å². The Morgan fingerprint density at radius 2 is 1.64 bits per heavy atom. The third-order valence-corrected chi connectivity index (χ3v) is 8.98. The van der Waals surface area contributed by atoms with E-state index in [2.05, 4.69) is 74.3 Å². The van der Waals surface area contributed by atoms with Crippen molar-refractivity contribution >= 4 is 19.4 Å². The normalized spacial score (nSPS) is 21.9. The van der Waals surface area contributed by atoms with Crippen molar-refractivity contribution in [2.45, 2.75) is 51.9 Å². The molecular weight excluding hydrogens is 426 g/mol. The average molecular weight is 462 g/mol.